The van der Waals surface area contributed by atoms with Gasteiger partial charge >= 0.3 is 5.97 Å². The standard InChI is InChI=1S/C20H22N2O5S/c1-13(19(23)22-17-9-6-14-4-3-5-16(14)12-17)27-20(24)15-7-10-18(11-8-15)28(25,26)21-2/h6-13,21H,3-5H2,1-2H3,(H,22,23)/t13-/m0/s1. The second-order valence-electron chi connectivity index (χ2n) is 6.61. The molecule has 2 aromatic rings. The van der Waals surface area contributed by atoms with E-state index in [4.69, 9.17) is 4.74 Å². The van der Waals surface area contributed by atoms with Crippen molar-refractivity contribution in [2.75, 3.05) is 12.4 Å². The highest BCUT2D eigenvalue weighted by Crippen LogP contribution is 2.25. The van der Waals surface area contributed by atoms with Crippen LogP contribution in [0.1, 0.15) is 34.8 Å². The number of amides is 1. The van der Waals surface area contributed by atoms with Crippen molar-refractivity contribution in [1.29, 1.82) is 0 Å². The van der Waals surface area contributed by atoms with Crippen LogP contribution in [0.25, 0.3) is 0 Å². The lowest BCUT2D eigenvalue weighted by molar-refractivity contribution is -0.123. The molecule has 1 aliphatic carbocycles. The number of ether oxygens (including phenoxy) is 1. The van der Waals surface area contributed by atoms with Gasteiger partial charge in [-0.25, -0.2) is 17.9 Å². The lowest BCUT2D eigenvalue weighted by atomic mass is 10.1. The summed E-state index contributed by atoms with van der Waals surface area (Å²) in [5, 5.41) is 2.76. The highest BCUT2D eigenvalue weighted by atomic mass is 32.2. The molecule has 7 nitrogen and oxygen atoms in total. The Kier molecular flexibility index (Phi) is 5.81. The van der Waals surface area contributed by atoms with E-state index in [2.05, 4.69) is 10.0 Å². The molecule has 0 saturated heterocycles. The average Bonchev–Trinajstić information content (AvgIpc) is 3.15. The Labute approximate surface area is 164 Å². The van der Waals surface area contributed by atoms with Gasteiger partial charge in [0, 0.05) is 5.69 Å². The third kappa shape index (κ3) is 4.40. The van der Waals surface area contributed by atoms with E-state index < -0.39 is 28.0 Å². The summed E-state index contributed by atoms with van der Waals surface area (Å²) in [5.74, 6) is -1.13. The maximum atomic E-state index is 12.3. The van der Waals surface area contributed by atoms with Gasteiger partial charge in [0.2, 0.25) is 10.0 Å². The van der Waals surface area contributed by atoms with Crippen LogP contribution < -0.4 is 10.0 Å². The van der Waals surface area contributed by atoms with Gasteiger partial charge in [-0.15, -0.1) is 0 Å². The van der Waals surface area contributed by atoms with Crippen molar-refractivity contribution in [3.05, 3.63) is 59.2 Å². The monoisotopic (exact) mass is 402 g/mol. The number of anilines is 1. The van der Waals surface area contributed by atoms with Crippen LogP contribution >= 0.6 is 0 Å². The summed E-state index contributed by atoms with van der Waals surface area (Å²) in [6, 6.07) is 11.1. The molecule has 28 heavy (non-hydrogen) atoms. The van der Waals surface area contributed by atoms with E-state index in [-0.39, 0.29) is 10.5 Å². The van der Waals surface area contributed by atoms with Crippen LogP contribution in [-0.4, -0.2) is 33.4 Å². The van der Waals surface area contributed by atoms with Gasteiger partial charge in [-0.05, 0) is 80.8 Å². The molecule has 0 spiro atoms. The molecule has 0 bridgehead atoms. The van der Waals surface area contributed by atoms with Gasteiger partial charge in [-0.2, -0.15) is 0 Å². The predicted molar refractivity (Wildman–Crippen MR) is 105 cm³/mol. The van der Waals surface area contributed by atoms with E-state index in [1.54, 1.807) is 0 Å². The average molecular weight is 402 g/mol. The lowest BCUT2D eigenvalue weighted by Gasteiger charge is -2.14. The number of rotatable bonds is 6. The van der Waals surface area contributed by atoms with Crippen LogP contribution in [0.3, 0.4) is 0 Å². The number of fused-ring (bicyclic) bond motifs is 1. The number of aryl methyl sites for hydroxylation is 2. The smallest absolute Gasteiger partial charge is 0.338 e. The number of esters is 1. The zero-order chi connectivity index (χ0) is 20.3. The molecule has 2 N–H and O–H groups in total. The van der Waals surface area contributed by atoms with Crippen LogP contribution in [0.4, 0.5) is 5.69 Å². The number of carbonyl (C=O) groups excluding carboxylic acids is 2. The molecule has 2 aromatic carbocycles. The molecule has 3 rings (SSSR count). The molecule has 0 heterocycles. The third-order valence-electron chi connectivity index (χ3n) is 4.69. The van der Waals surface area contributed by atoms with Crippen LogP contribution in [0.5, 0.6) is 0 Å². The van der Waals surface area contributed by atoms with E-state index in [1.807, 2.05) is 18.2 Å². The topological polar surface area (TPSA) is 102 Å². The van der Waals surface area contributed by atoms with Gasteiger partial charge in [0.25, 0.3) is 5.91 Å². The number of carbonyl (C=O) groups is 2. The van der Waals surface area contributed by atoms with Crippen LogP contribution in [0.15, 0.2) is 47.4 Å². The minimum absolute atomic E-state index is 0.0361. The molecular formula is C20H22N2O5S. The normalized spacial score (nSPS) is 14.2. The van der Waals surface area contributed by atoms with Gasteiger partial charge in [0.05, 0.1) is 10.5 Å². The zero-order valence-corrected chi connectivity index (χ0v) is 16.5. The quantitative estimate of drug-likeness (QED) is 0.722. The minimum Gasteiger partial charge on any atom is -0.449 e. The van der Waals surface area contributed by atoms with Crippen molar-refractivity contribution >= 4 is 27.6 Å². The molecule has 1 atom stereocenters. The Morgan fingerprint density at radius 2 is 1.71 bits per heavy atom. The van der Waals surface area contributed by atoms with Crippen molar-refractivity contribution < 1.29 is 22.7 Å². The second-order valence-corrected chi connectivity index (χ2v) is 8.49. The summed E-state index contributed by atoms with van der Waals surface area (Å²) in [4.78, 5) is 24.6. The molecule has 0 aliphatic heterocycles. The minimum atomic E-state index is -3.58. The molecule has 0 unspecified atom stereocenters. The molecule has 0 saturated carbocycles. The summed E-state index contributed by atoms with van der Waals surface area (Å²) in [6.07, 6.45) is 2.19. The maximum Gasteiger partial charge on any atom is 0.338 e. The van der Waals surface area contributed by atoms with Gasteiger partial charge in [0.1, 0.15) is 0 Å². The molecule has 1 amide bonds. The van der Waals surface area contributed by atoms with E-state index in [0.717, 1.165) is 19.3 Å². The maximum absolute atomic E-state index is 12.3. The first-order valence-electron chi connectivity index (χ1n) is 8.97. The fourth-order valence-electron chi connectivity index (χ4n) is 3.06. The van der Waals surface area contributed by atoms with E-state index in [1.165, 1.54) is 49.4 Å². The van der Waals surface area contributed by atoms with E-state index in [0.29, 0.717) is 5.69 Å². The SMILES string of the molecule is CNS(=O)(=O)c1ccc(C(=O)O[C@@H](C)C(=O)Nc2ccc3c(c2)CCC3)cc1. The zero-order valence-electron chi connectivity index (χ0n) is 15.7. The van der Waals surface area contributed by atoms with E-state index >= 15 is 0 Å². The fourth-order valence-corrected chi connectivity index (χ4v) is 3.79. The third-order valence-corrected chi connectivity index (χ3v) is 6.12. The Balaban J connectivity index is 1.61. The number of sulfonamides is 1. The highest BCUT2D eigenvalue weighted by molar-refractivity contribution is 7.89. The predicted octanol–water partition coefficient (Wildman–Crippen LogP) is 2.27. The van der Waals surface area contributed by atoms with Gasteiger partial charge in [0.15, 0.2) is 6.10 Å². The first-order chi connectivity index (χ1) is 13.3. The van der Waals surface area contributed by atoms with Crippen molar-refractivity contribution in [2.24, 2.45) is 0 Å². The van der Waals surface area contributed by atoms with Crippen molar-refractivity contribution in [3.8, 4) is 0 Å². The van der Waals surface area contributed by atoms with Gasteiger partial charge in [-0.1, -0.05) is 6.07 Å². The first kappa shape index (κ1) is 20.0. The second kappa shape index (κ2) is 8.12. The molecule has 0 aromatic heterocycles. The Morgan fingerprint density at radius 1 is 1.04 bits per heavy atom. The Bertz CT molecular complexity index is 1000. The Morgan fingerprint density at radius 3 is 2.39 bits per heavy atom. The molecule has 8 heteroatoms. The summed E-state index contributed by atoms with van der Waals surface area (Å²) in [5.41, 5.74) is 3.38. The number of hydrogen-bond acceptors (Lipinski definition) is 5. The van der Waals surface area contributed by atoms with Gasteiger partial charge in [-0.3, -0.25) is 4.79 Å². The van der Waals surface area contributed by atoms with Gasteiger partial charge < -0.3 is 10.1 Å². The largest absolute Gasteiger partial charge is 0.449 e. The lowest BCUT2D eigenvalue weighted by Crippen LogP contribution is -2.30. The van der Waals surface area contributed by atoms with Crippen LogP contribution in [0.2, 0.25) is 0 Å². The highest BCUT2D eigenvalue weighted by Gasteiger charge is 2.20. The Hall–Kier alpha value is -2.71. The summed E-state index contributed by atoms with van der Waals surface area (Å²) >= 11 is 0. The van der Waals surface area contributed by atoms with Crippen LogP contribution in [0, 0.1) is 0 Å². The van der Waals surface area contributed by atoms with E-state index in [9.17, 15) is 18.0 Å². The molecule has 0 fully saturated rings. The molecular weight excluding hydrogens is 380 g/mol. The summed E-state index contributed by atoms with van der Waals surface area (Å²) < 4.78 is 30.8. The fraction of sp³-hybridized carbons (Fsp3) is 0.300. The summed E-state index contributed by atoms with van der Waals surface area (Å²) in [7, 11) is -2.28. The first-order valence-corrected chi connectivity index (χ1v) is 10.5. The van der Waals surface area contributed by atoms with Crippen molar-refractivity contribution in [2.45, 2.75) is 37.2 Å². The number of hydrogen-bond donors (Lipinski definition) is 2. The number of benzene rings is 2. The molecule has 148 valence electrons. The van der Waals surface area contributed by atoms with Crippen molar-refractivity contribution in [1.82, 2.24) is 4.72 Å². The molecule has 1 aliphatic rings. The number of nitrogens with one attached hydrogen (secondary N) is 2. The van der Waals surface area contributed by atoms with Crippen molar-refractivity contribution in [3.63, 3.8) is 0 Å². The molecule has 0 radical (unpaired) electrons. The van der Waals surface area contributed by atoms with Crippen LogP contribution in [-0.2, 0) is 32.4 Å². The summed E-state index contributed by atoms with van der Waals surface area (Å²) in [6.45, 7) is 1.49.